The molecule has 11 aliphatic carbocycles. The summed E-state index contributed by atoms with van der Waals surface area (Å²) >= 11 is 0. The summed E-state index contributed by atoms with van der Waals surface area (Å²) in [6.07, 6.45) is -0.502. The molecule has 0 heterocycles. The monoisotopic (exact) mass is 824 g/mol. The molecule has 0 bridgehead atoms. The lowest BCUT2D eigenvalue weighted by atomic mass is 9.63. The van der Waals surface area contributed by atoms with E-state index in [-0.39, 0.29) is 48.1 Å². The van der Waals surface area contributed by atoms with Gasteiger partial charge in [-0.15, -0.1) is 0 Å². The van der Waals surface area contributed by atoms with Gasteiger partial charge in [0.25, 0.3) is 0 Å². The Morgan fingerprint density at radius 3 is 2.19 bits per heavy atom. The van der Waals surface area contributed by atoms with E-state index in [2.05, 4.69) is 48.6 Å². The van der Waals surface area contributed by atoms with Gasteiger partial charge in [0.15, 0.2) is 6.29 Å². The third kappa shape index (κ3) is 2.82. The maximum Gasteiger partial charge on any atom is 0.416 e. The van der Waals surface area contributed by atoms with Crippen molar-refractivity contribution in [2.75, 3.05) is 7.11 Å². The highest BCUT2D eigenvalue weighted by Gasteiger charge is 2.70. The number of alkyl halides is 6. The fraction of sp³-hybridized carbons (Fsp3) is 0.296. The van der Waals surface area contributed by atoms with Crippen molar-refractivity contribution >= 4 is 70.6 Å². The Kier molecular flexibility index (Phi) is 4.68. The smallest absolute Gasteiger partial charge is 0.368 e. The Morgan fingerprint density at radius 1 is 0.677 bits per heavy atom. The van der Waals surface area contributed by atoms with Crippen LogP contribution in [0.25, 0.3) is 70.6 Å². The van der Waals surface area contributed by atoms with Crippen molar-refractivity contribution in [3.63, 3.8) is 0 Å². The molecule has 7 aromatic carbocycles. The lowest BCUT2D eigenvalue weighted by Crippen LogP contribution is -2.34. The number of aliphatic hydroxyl groups excluding tert-OH is 1. The number of aliphatic hydroxyl groups is 1. The predicted molar refractivity (Wildman–Crippen MR) is 224 cm³/mol. The van der Waals surface area contributed by atoms with E-state index in [1.165, 1.54) is 94.0 Å². The van der Waals surface area contributed by atoms with Gasteiger partial charge in [0.2, 0.25) is 0 Å². The molecule has 0 aromatic heterocycles. The lowest BCUT2D eigenvalue weighted by Gasteiger charge is -2.39. The van der Waals surface area contributed by atoms with Gasteiger partial charge in [-0.25, -0.2) is 0 Å². The maximum absolute atomic E-state index is 14.9. The zero-order valence-corrected chi connectivity index (χ0v) is 32.8. The van der Waals surface area contributed by atoms with Gasteiger partial charge in [-0.3, -0.25) is 0 Å². The average molecular weight is 825 g/mol. The quantitative estimate of drug-likeness (QED) is 0.0783. The third-order valence-electron chi connectivity index (χ3n) is 18.8. The molecule has 1 N–H and O–H groups in total. The van der Waals surface area contributed by atoms with Crippen LogP contribution in [0.15, 0.2) is 94.6 Å². The van der Waals surface area contributed by atoms with Crippen LogP contribution in [-0.4, -0.2) is 18.5 Å². The first kappa shape index (κ1) is 32.3. The summed E-state index contributed by atoms with van der Waals surface area (Å²) in [4.78, 5) is 0. The molecule has 7 aromatic rings. The fourth-order valence-electron chi connectivity index (χ4n) is 17.4. The molecule has 2 nitrogen and oxygen atoms in total. The molecule has 0 saturated heterocycles. The number of ether oxygens (including phenoxy) is 1. The van der Waals surface area contributed by atoms with Crippen LogP contribution in [0.1, 0.15) is 76.0 Å². The first-order chi connectivity index (χ1) is 29.9. The molecule has 0 spiro atoms. The molecule has 11 aliphatic rings. The molecule has 300 valence electrons. The second kappa shape index (κ2) is 9.00. The number of methoxy groups -OCH3 is 1. The molecule has 10 unspecified atom stereocenters. The molecule has 1 saturated carbocycles. The van der Waals surface area contributed by atoms with Crippen LogP contribution in [-0.2, 0) is 22.5 Å². The number of hydrogen-bond acceptors (Lipinski definition) is 2. The van der Waals surface area contributed by atoms with E-state index in [9.17, 15) is 31.4 Å². The number of hydrogen-bond donors (Lipinski definition) is 1. The molecule has 1 fully saturated rings. The molecule has 0 radical (unpaired) electrons. The van der Waals surface area contributed by atoms with Crippen molar-refractivity contribution in [3.05, 3.63) is 144 Å². The molecule has 18 rings (SSSR count). The summed E-state index contributed by atoms with van der Waals surface area (Å²) in [5, 5.41) is 26.7. The fourth-order valence-corrected chi connectivity index (χ4v) is 17.4. The summed E-state index contributed by atoms with van der Waals surface area (Å²) in [6, 6.07) is 11.5. The number of fused-ring (bicyclic) bond motifs is 5. The van der Waals surface area contributed by atoms with Gasteiger partial charge in [-0.1, -0.05) is 48.6 Å². The Bertz CT molecular complexity index is 3840. The van der Waals surface area contributed by atoms with E-state index in [0.717, 1.165) is 45.2 Å². The average Bonchev–Trinajstić information content (AvgIpc) is 3.86. The van der Waals surface area contributed by atoms with Crippen LogP contribution in [0.2, 0.25) is 0 Å². The number of benzene rings is 5. The first-order valence-electron chi connectivity index (χ1n) is 22.2. The summed E-state index contributed by atoms with van der Waals surface area (Å²) in [7, 11) is 1.40. The van der Waals surface area contributed by atoms with E-state index in [0.29, 0.717) is 30.1 Å². The third-order valence-corrected chi connectivity index (χ3v) is 18.8. The van der Waals surface area contributed by atoms with Gasteiger partial charge in [0.1, 0.15) is 0 Å². The van der Waals surface area contributed by atoms with Crippen LogP contribution in [0.5, 0.6) is 0 Å². The van der Waals surface area contributed by atoms with Crippen molar-refractivity contribution in [2.24, 2.45) is 29.6 Å². The minimum atomic E-state index is -5.00. The van der Waals surface area contributed by atoms with Gasteiger partial charge in [-0.05, 0) is 192 Å². The minimum absolute atomic E-state index is 0.0379. The van der Waals surface area contributed by atoms with Crippen LogP contribution in [0.4, 0.5) is 26.3 Å². The molecular formula is C54H30F6O2. The van der Waals surface area contributed by atoms with Crippen molar-refractivity contribution in [2.45, 2.75) is 61.1 Å². The Hall–Kier alpha value is -5.44. The van der Waals surface area contributed by atoms with Gasteiger partial charge in [0, 0.05) is 42.1 Å². The summed E-state index contributed by atoms with van der Waals surface area (Å²) in [6.45, 7) is 0. The van der Waals surface area contributed by atoms with E-state index in [4.69, 9.17) is 4.74 Å². The normalized spacial score (nSPS) is 32.7. The van der Waals surface area contributed by atoms with Gasteiger partial charge in [-0.2, -0.15) is 26.3 Å². The lowest BCUT2D eigenvalue weighted by molar-refractivity contribution is -0.143. The number of rotatable bonds is 6. The highest BCUT2D eigenvalue weighted by Crippen LogP contribution is 2.81. The summed E-state index contributed by atoms with van der Waals surface area (Å²) < 4.78 is 94.4. The zero-order chi connectivity index (χ0) is 40.9. The second-order valence-electron chi connectivity index (χ2n) is 20.4. The highest BCUT2D eigenvalue weighted by molar-refractivity contribution is 6.47. The largest absolute Gasteiger partial charge is 0.416 e. The molecule has 0 aliphatic heterocycles. The van der Waals surface area contributed by atoms with Crippen LogP contribution < -0.4 is 10.4 Å². The van der Waals surface area contributed by atoms with Gasteiger partial charge in [0.05, 0.1) is 11.1 Å². The van der Waals surface area contributed by atoms with Crippen molar-refractivity contribution < 1.29 is 36.2 Å². The second-order valence-corrected chi connectivity index (χ2v) is 20.4. The molecule has 8 heteroatoms. The molecule has 62 heavy (non-hydrogen) atoms. The van der Waals surface area contributed by atoms with Gasteiger partial charge >= 0.3 is 12.4 Å². The zero-order valence-electron chi connectivity index (χ0n) is 32.8. The van der Waals surface area contributed by atoms with Gasteiger partial charge < -0.3 is 9.84 Å². The van der Waals surface area contributed by atoms with E-state index < -0.39 is 35.2 Å². The Balaban J connectivity index is 1.05. The van der Waals surface area contributed by atoms with Crippen molar-refractivity contribution in [1.29, 1.82) is 0 Å². The van der Waals surface area contributed by atoms with E-state index in [1.54, 1.807) is 11.1 Å². The van der Waals surface area contributed by atoms with E-state index >= 15 is 0 Å². The molecular weight excluding hydrogens is 795 g/mol. The highest BCUT2D eigenvalue weighted by atomic mass is 19.4. The van der Waals surface area contributed by atoms with Crippen LogP contribution in [0, 0.1) is 29.6 Å². The van der Waals surface area contributed by atoms with Crippen molar-refractivity contribution in [3.8, 4) is 0 Å². The summed E-state index contributed by atoms with van der Waals surface area (Å²) in [5.74, 6) is 1.67. The first-order valence-corrected chi connectivity index (χ1v) is 22.2. The SMILES string of the molecule is COC(O)CCCC1(c2cc(C(F)(F)F)cc(C(F)(F)F)c2)C2=C1C1=c3ccc4c5ccc6c7c8c9c%10c%11c%12c(c3c4c(c%129)c75)C1C1C2=C2C=CC3C(C2=C%111)C=%10C1C3C=CC6C81. The van der Waals surface area contributed by atoms with E-state index in [1.807, 2.05) is 0 Å². The van der Waals surface area contributed by atoms with Crippen LogP contribution >= 0.6 is 0 Å². The minimum Gasteiger partial charge on any atom is -0.368 e. The number of halogens is 6. The standard InChI is InChI=1S/C54H30F6O2/c1-62-27(61)3-2-12-52(16-13-17(53(55,56)57)15-18(14-16)54(58,59)60)50-36-25-10-8-23-21-6-4-19-20-5-7-22-24-9-11-26-35-33(24)40-31(22)29(20)38-28(19)30(21)39-32(23)34(25)41-43(36)44(37(26)51(50)52)42(35)49-47(40)45(38)46(39)48(41)49/h4-11,13-15,19,21,23,27-28,30,32,43-44,61H,2-3,12H2,1H3. The maximum atomic E-state index is 14.9. The predicted octanol–water partition coefficient (Wildman–Crippen LogP) is 11.1. The Morgan fingerprint density at radius 2 is 1.42 bits per heavy atom. The molecule has 0 amide bonds. The van der Waals surface area contributed by atoms with Crippen molar-refractivity contribution in [1.82, 2.24) is 0 Å². The summed E-state index contributed by atoms with van der Waals surface area (Å²) in [5.41, 5.74) is 11.5. The Labute approximate surface area is 347 Å². The molecule has 10 atom stereocenters. The number of allylic oxidation sites excluding steroid dienone is 10. The van der Waals surface area contributed by atoms with Crippen LogP contribution in [0.3, 0.4) is 0 Å². The topological polar surface area (TPSA) is 29.5 Å².